The van der Waals surface area contributed by atoms with Gasteiger partial charge in [-0.2, -0.15) is 0 Å². The highest BCUT2D eigenvalue weighted by molar-refractivity contribution is 6.34. The number of nitrogens with zero attached hydrogens (tertiary/aromatic N) is 1. The number of rotatable bonds is 5. The zero-order valence-corrected chi connectivity index (χ0v) is 18.3. The van der Waals surface area contributed by atoms with E-state index >= 15 is 0 Å². The van der Waals surface area contributed by atoms with Crippen LogP contribution in [0.25, 0.3) is 0 Å². The predicted molar refractivity (Wildman–Crippen MR) is 118 cm³/mol. The van der Waals surface area contributed by atoms with Gasteiger partial charge in [0.1, 0.15) is 6.10 Å². The largest absolute Gasteiger partial charge is 0.474 e. The fourth-order valence-corrected chi connectivity index (χ4v) is 4.13. The number of carbonyl (C=O) groups is 2. The van der Waals surface area contributed by atoms with Crippen LogP contribution in [0.1, 0.15) is 50.4 Å². The Labute approximate surface area is 182 Å². The Balaban J connectivity index is 1.57. The molecule has 0 bridgehead atoms. The Hall–Kier alpha value is -2.60. The molecule has 1 saturated carbocycles. The van der Waals surface area contributed by atoms with Gasteiger partial charge < -0.3 is 10.1 Å². The molecule has 1 fully saturated rings. The van der Waals surface area contributed by atoms with Crippen LogP contribution >= 0.6 is 11.6 Å². The second kappa shape index (κ2) is 9.94. The van der Waals surface area contributed by atoms with Crippen LogP contribution < -0.4 is 15.4 Å². The van der Waals surface area contributed by atoms with Crippen LogP contribution in [-0.4, -0.2) is 23.0 Å². The second-order valence-electron chi connectivity index (χ2n) is 8.26. The van der Waals surface area contributed by atoms with Crippen LogP contribution in [-0.2, 0) is 0 Å². The maximum absolute atomic E-state index is 12.2. The molecule has 3 atom stereocenters. The van der Waals surface area contributed by atoms with Crippen LogP contribution in [0.2, 0.25) is 5.02 Å². The van der Waals surface area contributed by atoms with Gasteiger partial charge in [-0.15, -0.1) is 0 Å². The van der Waals surface area contributed by atoms with Gasteiger partial charge in [0.2, 0.25) is 5.88 Å². The van der Waals surface area contributed by atoms with Crippen molar-refractivity contribution in [1.82, 2.24) is 10.3 Å². The van der Waals surface area contributed by atoms with Gasteiger partial charge in [0.05, 0.1) is 22.5 Å². The number of hydrogen-bond acceptors (Lipinski definition) is 4. The zero-order chi connectivity index (χ0) is 21.7. The van der Waals surface area contributed by atoms with Crippen molar-refractivity contribution in [2.75, 3.05) is 5.32 Å². The van der Waals surface area contributed by atoms with E-state index in [2.05, 4.69) is 36.4 Å². The van der Waals surface area contributed by atoms with Gasteiger partial charge in [-0.05, 0) is 48.8 Å². The number of aromatic nitrogens is 1. The van der Waals surface area contributed by atoms with E-state index in [1.807, 2.05) is 0 Å². The van der Waals surface area contributed by atoms with Gasteiger partial charge in [0, 0.05) is 6.07 Å². The number of urea groups is 1. The lowest BCUT2D eigenvalue weighted by atomic mass is 9.75. The minimum absolute atomic E-state index is 0.150. The molecule has 0 aliphatic heterocycles. The molecule has 7 heteroatoms. The molecule has 3 amide bonds. The van der Waals surface area contributed by atoms with E-state index in [0.717, 1.165) is 6.42 Å². The minimum Gasteiger partial charge on any atom is -0.474 e. The topological polar surface area (TPSA) is 80.3 Å². The molecule has 0 saturated heterocycles. The average Bonchev–Trinajstić information content (AvgIpc) is 2.69. The summed E-state index contributed by atoms with van der Waals surface area (Å²) in [5, 5.41) is 5.13. The van der Waals surface area contributed by atoms with Gasteiger partial charge in [-0.25, -0.2) is 9.78 Å². The van der Waals surface area contributed by atoms with Gasteiger partial charge >= 0.3 is 6.03 Å². The molecule has 6 nitrogen and oxygen atoms in total. The van der Waals surface area contributed by atoms with Crippen molar-refractivity contribution in [1.29, 1.82) is 0 Å². The highest BCUT2D eigenvalue weighted by atomic mass is 35.5. The Morgan fingerprint density at radius 2 is 1.93 bits per heavy atom. The Bertz CT molecular complexity index is 886. The summed E-state index contributed by atoms with van der Waals surface area (Å²) in [6.45, 7) is 6.73. The van der Waals surface area contributed by atoms with Gasteiger partial charge in [-0.1, -0.05) is 50.9 Å². The van der Waals surface area contributed by atoms with Crippen LogP contribution in [0.3, 0.4) is 0 Å². The maximum atomic E-state index is 12.2. The molecule has 160 valence electrons. The van der Waals surface area contributed by atoms with E-state index in [1.54, 1.807) is 36.4 Å². The molecule has 0 radical (unpaired) electrons. The standard InChI is InChI=1S/C23H28ClN3O3/c1-14(2)17-10-8-15(3)12-20(17)30-21-11-9-16(13-25-21)26-23(29)27-22(28)18-6-4-5-7-19(18)24/h4-7,9,11,13-15,17,20H,8,10,12H2,1-3H3,(H2,26,27,28,29)/t15-,17+,20-/m0/s1. The number of benzene rings is 1. The molecule has 3 rings (SSSR count). The van der Waals surface area contributed by atoms with Crippen LogP contribution in [0.5, 0.6) is 5.88 Å². The summed E-state index contributed by atoms with van der Waals surface area (Å²) in [7, 11) is 0. The average molecular weight is 430 g/mol. The third-order valence-electron chi connectivity index (χ3n) is 5.57. The predicted octanol–water partition coefficient (Wildman–Crippen LogP) is 5.54. The summed E-state index contributed by atoms with van der Waals surface area (Å²) in [5.41, 5.74) is 0.696. The first-order valence-electron chi connectivity index (χ1n) is 10.3. The highest BCUT2D eigenvalue weighted by Crippen LogP contribution is 2.35. The van der Waals surface area contributed by atoms with Crippen molar-refractivity contribution < 1.29 is 14.3 Å². The van der Waals surface area contributed by atoms with Crippen molar-refractivity contribution in [3.05, 3.63) is 53.2 Å². The van der Waals surface area contributed by atoms with Crippen molar-refractivity contribution in [2.45, 2.75) is 46.1 Å². The van der Waals surface area contributed by atoms with Crippen LogP contribution in [0.15, 0.2) is 42.6 Å². The number of nitrogens with one attached hydrogen (secondary N) is 2. The molecule has 30 heavy (non-hydrogen) atoms. The molecule has 1 aliphatic rings. The Kier molecular flexibility index (Phi) is 7.32. The van der Waals surface area contributed by atoms with E-state index in [-0.39, 0.29) is 16.7 Å². The van der Waals surface area contributed by atoms with E-state index < -0.39 is 11.9 Å². The van der Waals surface area contributed by atoms with Crippen LogP contribution in [0.4, 0.5) is 10.5 Å². The summed E-state index contributed by atoms with van der Waals surface area (Å²) < 4.78 is 6.19. The van der Waals surface area contributed by atoms with Gasteiger partial charge in [-0.3, -0.25) is 10.1 Å². The lowest BCUT2D eigenvalue weighted by molar-refractivity contribution is 0.0426. The van der Waals surface area contributed by atoms with Crippen molar-refractivity contribution in [3.63, 3.8) is 0 Å². The fraction of sp³-hybridized carbons (Fsp3) is 0.435. The summed E-state index contributed by atoms with van der Waals surface area (Å²) in [6.07, 6.45) is 5.10. The van der Waals surface area contributed by atoms with E-state index in [4.69, 9.17) is 16.3 Å². The molecule has 2 N–H and O–H groups in total. The summed E-state index contributed by atoms with van der Waals surface area (Å²) in [6, 6.07) is 9.32. The molecule has 2 aromatic rings. The first-order valence-corrected chi connectivity index (χ1v) is 10.7. The van der Waals surface area contributed by atoms with E-state index in [0.29, 0.717) is 29.3 Å². The number of amides is 3. The van der Waals surface area contributed by atoms with Gasteiger partial charge in [0.15, 0.2) is 0 Å². The minimum atomic E-state index is -0.656. The summed E-state index contributed by atoms with van der Waals surface area (Å²) >= 11 is 5.98. The van der Waals surface area contributed by atoms with Gasteiger partial charge in [0.25, 0.3) is 5.91 Å². The number of imide groups is 1. The molecule has 1 aliphatic carbocycles. The first kappa shape index (κ1) is 22.1. The molecule has 1 aromatic heterocycles. The zero-order valence-electron chi connectivity index (χ0n) is 17.5. The van der Waals surface area contributed by atoms with Crippen LogP contribution in [0, 0.1) is 17.8 Å². The number of anilines is 1. The van der Waals surface area contributed by atoms with Crippen molar-refractivity contribution in [3.8, 4) is 5.88 Å². The number of halogens is 1. The van der Waals surface area contributed by atoms with Crippen molar-refractivity contribution in [2.24, 2.45) is 17.8 Å². The molecule has 0 unspecified atom stereocenters. The normalized spacial score (nSPS) is 21.2. The second-order valence-corrected chi connectivity index (χ2v) is 8.66. The van der Waals surface area contributed by atoms with E-state index in [1.165, 1.54) is 19.0 Å². The summed E-state index contributed by atoms with van der Waals surface area (Å²) in [4.78, 5) is 28.6. The smallest absolute Gasteiger partial charge is 0.326 e. The number of pyridine rings is 1. The van der Waals surface area contributed by atoms with Crippen molar-refractivity contribution >= 4 is 29.2 Å². The quantitative estimate of drug-likeness (QED) is 0.654. The molecular formula is C23H28ClN3O3. The number of carbonyl (C=O) groups excluding carboxylic acids is 2. The molecule has 0 spiro atoms. The molecule has 1 heterocycles. The SMILES string of the molecule is CC(C)[C@H]1CC[C@H](C)C[C@@H]1Oc1ccc(NC(=O)NC(=O)c2ccccc2Cl)cn1. The fourth-order valence-electron chi connectivity index (χ4n) is 3.91. The lowest BCUT2D eigenvalue weighted by Crippen LogP contribution is -2.36. The highest BCUT2D eigenvalue weighted by Gasteiger charge is 2.32. The summed E-state index contributed by atoms with van der Waals surface area (Å²) in [5.74, 6) is 1.69. The molecule has 1 aromatic carbocycles. The maximum Gasteiger partial charge on any atom is 0.326 e. The third kappa shape index (κ3) is 5.72. The first-order chi connectivity index (χ1) is 14.3. The third-order valence-corrected chi connectivity index (χ3v) is 5.90. The lowest BCUT2D eigenvalue weighted by Gasteiger charge is -2.37. The number of ether oxygens (including phenoxy) is 1. The molecular weight excluding hydrogens is 402 g/mol. The Morgan fingerprint density at radius 3 is 2.60 bits per heavy atom. The van der Waals surface area contributed by atoms with E-state index in [9.17, 15) is 9.59 Å². The monoisotopic (exact) mass is 429 g/mol. The Morgan fingerprint density at radius 1 is 1.17 bits per heavy atom. The number of hydrogen-bond donors (Lipinski definition) is 2.